The second kappa shape index (κ2) is 12.3. The van der Waals surface area contributed by atoms with Crippen molar-refractivity contribution in [2.24, 2.45) is 24.8 Å². The number of alkyl halides is 3. The van der Waals surface area contributed by atoms with Crippen LogP contribution in [0.25, 0.3) is 21.5 Å². The molecule has 2 N–H and O–H groups in total. The predicted molar refractivity (Wildman–Crippen MR) is 148 cm³/mol. The van der Waals surface area contributed by atoms with E-state index in [9.17, 15) is 36.7 Å². The van der Waals surface area contributed by atoms with E-state index in [0.29, 0.717) is 17.3 Å². The molecule has 0 aliphatic carbocycles. The molecule has 0 unspecified atom stereocenters. The smallest absolute Gasteiger partial charge is 0.422 e. The minimum absolute atomic E-state index is 0.143. The first kappa shape index (κ1) is 32.0. The largest absolute Gasteiger partial charge is 0.443 e. The van der Waals surface area contributed by atoms with E-state index in [1.54, 1.807) is 6.92 Å². The van der Waals surface area contributed by atoms with Crippen LogP contribution in [0.4, 0.5) is 22.0 Å². The van der Waals surface area contributed by atoms with Crippen LogP contribution in [-0.4, -0.2) is 31.6 Å². The summed E-state index contributed by atoms with van der Waals surface area (Å²) in [6.07, 6.45) is -4.92. The highest BCUT2D eigenvalue weighted by molar-refractivity contribution is 7.17. The lowest BCUT2D eigenvalue weighted by molar-refractivity contribution is -0.149. The number of aromatic nitrogens is 3. The van der Waals surface area contributed by atoms with Crippen molar-refractivity contribution >= 4 is 44.8 Å². The van der Waals surface area contributed by atoms with E-state index in [4.69, 9.17) is 10.5 Å². The van der Waals surface area contributed by atoms with Crippen LogP contribution in [-0.2, 0) is 47.7 Å². The second-order valence-corrected chi connectivity index (χ2v) is 11.1. The molecular weight excluding hydrogens is 621 g/mol. The lowest BCUT2D eigenvalue weighted by Crippen LogP contribution is -2.36. The van der Waals surface area contributed by atoms with Crippen molar-refractivity contribution < 1.29 is 36.3 Å². The molecule has 0 bridgehead atoms. The van der Waals surface area contributed by atoms with Crippen LogP contribution >= 0.6 is 22.7 Å². The first-order valence-corrected chi connectivity index (χ1v) is 14.3. The number of carbonyl (C=O) groups excluding carboxylic acids is 2. The number of hydrogen-bond donors (Lipinski definition) is 1. The molecule has 3 heterocycles. The Hall–Kier alpha value is -3.96. The van der Waals surface area contributed by atoms with Gasteiger partial charge in [0, 0.05) is 25.0 Å². The Bertz CT molecular complexity index is 1920. The molecule has 0 radical (unpaired) electrons. The third-order valence-corrected chi connectivity index (χ3v) is 8.46. The molecule has 43 heavy (non-hydrogen) atoms. The van der Waals surface area contributed by atoms with Crippen LogP contribution in [0.1, 0.15) is 30.9 Å². The number of rotatable bonds is 8. The van der Waals surface area contributed by atoms with E-state index >= 15 is 4.39 Å². The van der Waals surface area contributed by atoms with Crippen LogP contribution in [0.2, 0.25) is 0 Å². The summed E-state index contributed by atoms with van der Waals surface area (Å²) in [5.41, 5.74) is 1.82. The number of halogens is 5. The van der Waals surface area contributed by atoms with Gasteiger partial charge in [-0.25, -0.2) is 13.6 Å². The molecule has 17 heteroatoms. The van der Waals surface area contributed by atoms with Gasteiger partial charge in [-0.2, -0.15) is 18.2 Å². The van der Waals surface area contributed by atoms with Gasteiger partial charge < -0.3 is 10.5 Å². The SMILES string of the molecule is CCC[C@H](N)C(=O)OCn1c(-c2ccc(F)c(C(F)(F)F)c2F)cs/c1=N\C(=O)Cc1csc2c1c(=O)n(C)c(=O)n2C. The van der Waals surface area contributed by atoms with Crippen LogP contribution in [0.5, 0.6) is 0 Å². The number of fused-ring (bicyclic) bond motifs is 1. The number of nitrogens with zero attached hydrogens (tertiary/aromatic N) is 4. The molecule has 4 rings (SSSR count). The van der Waals surface area contributed by atoms with Gasteiger partial charge in [0.15, 0.2) is 11.5 Å². The fraction of sp³-hybridized carbons (Fsp3) is 0.346. The number of nitrogens with two attached hydrogens (primary N) is 1. The predicted octanol–water partition coefficient (Wildman–Crippen LogP) is 3.42. The highest BCUT2D eigenvalue weighted by Gasteiger charge is 2.39. The molecule has 3 aromatic heterocycles. The molecule has 1 amide bonds. The van der Waals surface area contributed by atoms with E-state index < -0.39 is 71.3 Å². The Kier molecular flexibility index (Phi) is 9.17. The average molecular weight is 646 g/mol. The van der Waals surface area contributed by atoms with Crippen LogP contribution in [0, 0.1) is 11.6 Å². The number of thiophene rings is 1. The molecule has 230 valence electrons. The van der Waals surface area contributed by atoms with Crippen molar-refractivity contribution in [1.29, 1.82) is 0 Å². The summed E-state index contributed by atoms with van der Waals surface area (Å²) in [5.74, 6) is -5.38. The summed E-state index contributed by atoms with van der Waals surface area (Å²) in [4.78, 5) is 54.5. The second-order valence-electron chi connectivity index (χ2n) is 9.43. The zero-order chi connectivity index (χ0) is 31.8. The molecule has 0 saturated heterocycles. The van der Waals surface area contributed by atoms with E-state index in [-0.39, 0.29) is 27.9 Å². The van der Waals surface area contributed by atoms with Gasteiger partial charge >= 0.3 is 17.8 Å². The summed E-state index contributed by atoms with van der Waals surface area (Å²) < 4.78 is 77.7. The maximum absolute atomic E-state index is 15.1. The Labute approximate surface area is 247 Å². The highest BCUT2D eigenvalue weighted by atomic mass is 32.1. The number of hydrogen-bond acceptors (Lipinski definition) is 8. The first-order chi connectivity index (χ1) is 20.2. The molecule has 0 spiro atoms. The topological polar surface area (TPSA) is 131 Å². The zero-order valence-electron chi connectivity index (χ0n) is 22.8. The van der Waals surface area contributed by atoms with Crippen LogP contribution in [0.15, 0.2) is 37.5 Å². The minimum Gasteiger partial charge on any atom is -0.443 e. The van der Waals surface area contributed by atoms with Crippen molar-refractivity contribution in [2.75, 3.05) is 0 Å². The number of ether oxygens (including phenoxy) is 1. The van der Waals surface area contributed by atoms with Crippen molar-refractivity contribution in [3.8, 4) is 11.3 Å². The molecule has 4 aromatic rings. The number of aryl methyl sites for hydroxylation is 1. The molecular formula is C26H24F5N5O5S2. The third kappa shape index (κ3) is 6.23. The van der Waals surface area contributed by atoms with Gasteiger partial charge in [0.2, 0.25) is 0 Å². The Balaban J connectivity index is 1.80. The van der Waals surface area contributed by atoms with Gasteiger partial charge in [0.25, 0.3) is 11.5 Å². The van der Waals surface area contributed by atoms with Gasteiger partial charge in [0.05, 0.1) is 17.5 Å². The van der Waals surface area contributed by atoms with Gasteiger partial charge in [-0.15, -0.1) is 22.7 Å². The quantitative estimate of drug-likeness (QED) is 0.231. The summed E-state index contributed by atoms with van der Waals surface area (Å²) in [6, 6.07) is 0.218. The lowest BCUT2D eigenvalue weighted by atomic mass is 10.1. The fourth-order valence-corrected chi connectivity index (χ4v) is 6.23. The van der Waals surface area contributed by atoms with Gasteiger partial charge in [-0.1, -0.05) is 13.3 Å². The lowest BCUT2D eigenvalue weighted by Gasteiger charge is -2.15. The normalized spacial score (nSPS) is 13.1. The summed E-state index contributed by atoms with van der Waals surface area (Å²) in [7, 11) is 2.76. The maximum atomic E-state index is 15.1. The first-order valence-electron chi connectivity index (χ1n) is 12.6. The summed E-state index contributed by atoms with van der Waals surface area (Å²) in [6.45, 7) is 1.08. The standard InChI is InChI=1S/C26H24F5N5O5S2/c1-4-5-15(32)23(39)41-11-36-16(13-6-7-14(27)19(20(13)28)26(29,30)31)10-43-24(36)33-17(37)8-12-9-42-22-18(12)21(38)34(2)25(40)35(22)3/h6-7,9-10,15H,4-5,8,11,32H2,1-3H3/b33-24-/t15-/m0/s1. The number of carbonyl (C=O) groups is 2. The Morgan fingerprint density at radius 2 is 1.79 bits per heavy atom. The molecule has 0 aliphatic rings. The van der Waals surface area contributed by atoms with Gasteiger partial charge in [-0.05, 0) is 29.5 Å². The van der Waals surface area contributed by atoms with Crippen molar-refractivity contribution in [3.05, 3.63) is 71.3 Å². The van der Waals surface area contributed by atoms with Crippen molar-refractivity contribution in [3.63, 3.8) is 0 Å². The Morgan fingerprint density at radius 3 is 2.44 bits per heavy atom. The van der Waals surface area contributed by atoms with Gasteiger partial charge in [-0.3, -0.25) is 28.1 Å². The monoisotopic (exact) mass is 645 g/mol. The molecule has 1 aromatic carbocycles. The average Bonchev–Trinajstić information content (AvgIpc) is 3.52. The van der Waals surface area contributed by atoms with E-state index in [2.05, 4.69) is 4.99 Å². The summed E-state index contributed by atoms with van der Waals surface area (Å²) in [5, 5.41) is 2.84. The molecule has 0 fully saturated rings. The van der Waals surface area contributed by atoms with E-state index in [1.807, 2.05) is 0 Å². The molecule has 0 saturated carbocycles. The fourth-order valence-electron chi connectivity index (χ4n) is 4.30. The number of amides is 1. The van der Waals surface area contributed by atoms with Gasteiger partial charge in [0.1, 0.15) is 28.1 Å². The van der Waals surface area contributed by atoms with Crippen LogP contribution in [0.3, 0.4) is 0 Å². The van der Waals surface area contributed by atoms with Crippen molar-refractivity contribution in [1.82, 2.24) is 13.7 Å². The van der Waals surface area contributed by atoms with E-state index in [1.165, 1.54) is 29.4 Å². The molecule has 0 aliphatic heterocycles. The number of esters is 1. The molecule has 1 atom stereocenters. The van der Waals surface area contributed by atoms with E-state index in [0.717, 1.165) is 37.9 Å². The third-order valence-electron chi connectivity index (χ3n) is 6.49. The summed E-state index contributed by atoms with van der Waals surface area (Å²) >= 11 is 1.80. The van der Waals surface area contributed by atoms with Crippen molar-refractivity contribution in [2.45, 2.75) is 45.1 Å². The minimum atomic E-state index is -5.35. The highest BCUT2D eigenvalue weighted by Crippen LogP contribution is 2.37. The Morgan fingerprint density at radius 1 is 1.09 bits per heavy atom. The number of benzene rings is 1. The maximum Gasteiger partial charge on any atom is 0.422 e. The molecule has 10 nitrogen and oxygen atoms in total. The zero-order valence-corrected chi connectivity index (χ0v) is 24.5. The number of thiazole rings is 1. The van der Waals surface area contributed by atoms with Crippen LogP contribution < -0.4 is 21.8 Å².